The fourth-order valence-electron chi connectivity index (χ4n) is 1.80. The molecule has 1 aliphatic rings. The first-order valence-corrected chi connectivity index (χ1v) is 5.52. The summed E-state index contributed by atoms with van der Waals surface area (Å²) in [6.07, 6.45) is 0. The first kappa shape index (κ1) is 10.8. The van der Waals surface area contributed by atoms with Crippen LogP contribution in [-0.4, -0.2) is 14.2 Å². The second-order valence-corrected chi connectivity index (χ2v) is 3.83. The summed E-state index contributed by atoms with van der Waals surface area (Å²) in [6.45, 7) is 0. The summed E-state index contributed by atoms with van der Waals surface area (Å²) in [5, 5.41) is 0. The molecule has 18 heavy (non-hydrogen) atoms. The Morgan fingerprint density at radius 3 is 1.50 bits per heavy atom. The van der Waals surface area contributed by atoms with E-state index in [1.807, 2.05) is 24.3 Å². The Labute approximate surface area is 105 Å². The maximum Gasteiger partial charge on any atom is 0.173 e. The molecule has 0 N–H and O–H groups in total. The van der Waals surface area contributed by atoms with Crippen LogP contribution in [0.15, 0.2) is 36.4 Å². The third-order valence-corrected chi connectivity index (χ3v) is 2.74. The van der Waals surface area contributed by atoms with Crippen molar-refractivity contribution in [1.29, 1.82) is 0 Å². The first-order valence-electron chi connectivity index (χ1n) is 5.52. The van der Waals surface area contributed by atoms with Gasteiger partial charge in [-0.05, 0) is 24.3 Å². The predicted octanol–water partition coefficient (Wildman–Crippen LogP) is 3.60. The van der Waals surface area contributed by atoms with Gasteiger partial charge in [-0.2, -0.15) is 0 Å². The third-order valence-electron chi connectivity index (χ3n) is 2.74. The Balaban J connectivity index is 2.00. The number of benzene rings is 2. The van der Waals surface area contributed by atoms with E-state index >= 15 is 0 Å². The topological polar surface area (TPSA) is 36.9 Å². The number of rotatable bonds is 2. The highest BCUT2D eigenvalue weighted by atomic mass is 16.6. The van der Waals surface area contributed by atoms with Crippen LogP contribution in [0.25, 0.3) is 0 Å². The van der Waals surface area contributed by atoms with Gasteiger partial charge in [0.2, 0.25) is 0 Å². The van der Waals surface area contributed by atoms with E-state index in [4.69, 9.17) is 18.9 Å². The second-order valence-electron chi connectivity index (χ2n) is 3.83. The standard InChI is InChI=1S/C14H12O4/c1-15-9-3-5-11-13(7-9)17-12-6-4-10(16-2)8-14(12)18-11/h3-8H,1-2H3. The Kier molecular flexibility index (Phi) is 2.48. The average molecular weight is 244 g/mol. The van der Waals surface area contributed by atoms with Gasteiger partial charge in [0.25, 0.3) is 0 Å². The lowest BCUT2D eigenvalue weighted by Crippen LogP contribution is -1.99. The fraction of sp³-hybridized carbons (Fsp3) is 0.143. The van der Waals surface area contributed by atoms with Gasteiger partial charge >= 0.3 is 0 Å². The smallest absolute Gasteiger partial charge is 0.173 e. The van der Waals surface area contributed by atoms with Crippen LogP contribution in [0, 0.1) is 0 Å². The summed E-state index contributed by atoms with van der Waals surface area (Å²) >= 11 is 0. The van der Waals surface area contributed by atoms with Gasteiger partial charge in [0.1, 0.15) is 11.5 Å². The highest BCUT2D eigenvalue weighted by Gasteiger charge is 2.19. The van der Waals surface area contributed by atoms with Crippen molar-refractivity contribution in [1.82, 2.24) is 0 Å². The molecule has 1 aliphatic heterocycles. The van der Waals surface area contributed by atoms with E-state index in [1.54, 1.807) is 26.4 Å². The van der Waals surface area contributed by atoms with Gasteiger partial charge in [0, 0.05) is 12.1 Å². The van der Waals surface area contributed by atoms with Crippen LogP contribution in [-0.2, 0) is 0 Å². The molecule has 3 rings (SSSR count). The van der Waals surface area contributed by atoms with E-state index in [2.05, 4.69) is 0 Å². The van der Waals surface area contributed by atoms with Crippen LogP contribution in [0.5, 0.6) is 34.5 Å². The van der Waals surface area contributed by atoms with Crippen molar-refractivity contribution in [2.75, 3.05) is 14.2 Å². The zero-order valence-corrected chi connectivity index (χ0v) is 10.1. The van der Waals surface area contributed by atoms with Gasteiger partial charge in [-0.25, -0.2) is 0 Å². The summed E-state index contributed by atoms with van der Waals surface area (Å²) in [5.41, 5.74) is 0. The van der Waals surface area contributed by atoms with Gasteiger partial charge in [-0.15, -0.1) is 0 Å². The minimum Gasteiger partial charge on any atom is -0.497 e. The molecular formula is C14H12O4. The Morgan fingerprint density at radius 1 is 0.667 bits per heavy atom. The molecule has 2 aromatic carbocycles. The molecule has 0 unspecified atom stereocenters. The molecule has 0 atom stereocenters. The molecule has 4 nitrogen and oxygen atoms in total. The van der Waals surface area contributed by atoms with E-state index in [0.717, 1.165) is 11.5 Å². The van der Waals surface area contributed by atoms with E-state index in [9.17, 15) is 0 Å². The number of methoxy groups -OCH3 is 2. The maximum atomic E-state index is 5.76. The number of fused-ring (bicyclic) bond motifs is 2. The quantitative estimate of drug-likeness (QED) is 0.690. The van der Waals surface area contributed by atoms with E-state index in [-0.39, 0.29) is 0 Å². The van der Waals surface area contributed by atoms with Crippen molar-refractivity contribution >= 4 is 0 Å². The zero-order valence-electron chi connectivity index (χ0n) is 10.1. The molecule has 0 spiro atoms. The van der Waals surface area contributed by atoms with Crippen molar-refractivity contribution < 1.29 is 18.9 Å². The van der Waals surface area contributed by atoms with Crippen LogP contribution in [0.3, 0.4) is 0 Å². The van der Waals surface area contributed by atoms with Crippen molar-refractivity contribution in [2.24, 2.45) is 0 Å². The van der Waals surface area contributed by atoms with Gasteiger partial charge in [0.05, 0.1) is 14.2 Å². The molecule has 0 saturated carbocycles. The van der Waals surface area contributed by atoms with Gasteiger partial charge in [-0.1, -0.05) is 0 Å². The lowest BCUT2D eigenvalue weighted by molar-refractivity contribution is 0.348. The predicted molar refractivity (Wildman–Crippen MR) is 66.1 cm³/mol. The van der Waals surface area contributed by atoms with Crippen LogP contribution < -0.4 is 18.9 Å². The third kappa shape index (κ3) is 1.72. The zero-order chi connectivity index (χ0) is 12.5. The van der Waals surface area contributed by atoms with Crippen LogP contribution in [0.1, 0.15) is 0 Å². The van der Waals surface area contributed by atoms with Crippen molar-refractivity contribution in [3.8, 4) is 34.5 Å². The summed E-state index contributed by atoms with van der Waals surface area (Å²) in [7, 11) is 3.23. The van der Waals surface area contributed by atoms with E-state index < -0.39 is 0 Å². The maximum absolute atomic E-state index is 5.76. The number of hydrogen-bond acceptors (Lipinski definition) is 4. The molecule has 0 amide bonds. The molecular weight excluding hydrogens is 232 g/mol. The largest absolute Gasteiger partial charge is 0.497 e. The molecule has 0 radical (unpaired) electrons. The van der Waals surface area contributed by atoms with E-state index in [0.29, 0.717) is 23.0 Å². The van der Waals surface area contributed by atoms with Gasteiger partial charge in [-0.3, -0.25) is 0 Å². The van der Waals surface area contributed by atoms with Gasteiger partial charge in [0.15, 0.2) is 23.0 Å². The highest BCUT2D eigenvalue weighted by molar-refractivity contribution is 5.57. The summed E-state index contributed by atoms with van der Waals surface area (Å²) < 4.78 is 21.8. The molecule has 92 valence electrons. The Bertz CT molecular complexity index is 539. The Hall–Kier alpha value is -2.36. The summed E-state index contributed by atoms with van der Waals surface area (Å²) in [6, 6.07) is 10.9. The van der Waals surface area contributed by atoms with Crippen LogP contribution >= 0.6 is 0 Å². The lowest BCUT2D eigenvalue weighted by Gasteiger charge is -2.21. The van der Waals surface area contributed by atoms with Crippen molar-refractivity contribution in [2.45, 2.75) is 0 Å². The number of ether oxygens (including phenoxy) is 4. The van der Waals surface area contributed by atoms with E-state index in [1.165, 1.54) is 0 Å². The molecule has 0 bridgehead atoms. The van der Waals surface area contributed by atoms with Crippen LogP contribution in [0.2, 0.25) is 0 Å². The van der Waals surface area contributed by atoms with Crippen LogP contribution in [0.4, 0.5) is 0 Å². The Morgan fingerprint density at radius 2 is 1.11 bits per heavy atom. The van der Waals surface area contributed by atoms with Gasteiger partial charge < -0.3 is 18.9 Å². The molecule has 2 aromatic rings. The molecule has 0 saturated heterocycles. The summed E-state index contributed by atoms with van der Waals surface area (Å²) in [4.78, 5) is 0. The first-order chi connectivity index (χ1) is 8.80. The lowest BCUT2D eigenvalue weighted by atomic mass is 10.2. The van der Waals surface area contributed by atoms with Crippen molar-refractivity contribution in [3.63, 3.8) is 0 Å². The molecule has 0 aliphatic carbocycles. The molecule has 0 aromatic heterocycles. The summed E-state index contributed by atoms with van der Waals surface area (Å²) in [5.74, 6) is 4.08. The molecule has 0 fully saturated rings. The monoisotopic (exact) mass is 244 g/mol. The SMILES string of the molecule is COc1ccc2c(c1)Oc1ccc(OC)cc1O2. The fourth-order valence-corrected chi connectivity index (χ4v) is 1.80. The second kappa shape index (κ2) is 4.14. The normalized spacial score (nSPS) is 11.7. The minimum absolute atomic E-state index is 0.645. The minimum atomic E-state index is 0.645. The molecule has 1 heterocycles. The van der Waals surface area contributed by atoms with Crippen molar-refractivity contribution in [3.05, 3.63) is 36.4 Å². The molecule has 4 heteroatoms. The average Bonchev–Trinajstić information content (AvgIpc) is 2.43. The number of hydrogen-bond donors (Lipinski definition) is 0. The highest BCUT2D eigenvalue weighted by Crippen LogP contribution is 2.47.